The Balaban J connectivity index is 1.78. The van der Waals surface area contributed by atoms with Crippen molar-refractivity contribution in [1.29, 1.82) is 0 Å². The molecule has 1 N–H and O–H groups in total. The van der Waals surface area contributed by atoms with Gasteiger partial charge >= 0.3 is 5.97 Å². The van der Waals surface area contributed by atoms with Gasteiger partial charge in [-0.05, 0) is 55.6 Å². The standard InChI is InChI=1S/C23H28ClFN2O4S/c1-3-31-22(28)12-6-4-5-9-13-26-23-16-10-7-8-11-20(16)27(2)32(29,30)21-15-18(24)19(25)14-17(21)23/h7-8,10-11,14-15,23,26H,3-6,9,12-13H2,1-2H3. The van der Waals surface area contributed by atoms with Crippen molar-refractivity contribution in [3.05, 3.63) is 58.4 Å². The summed E-state index contributed by atoms with van der Waals surface area (Å²) in [5, 5.41) is 3.18. The number of carbonyl (C=O) groups excluding carboxylic acids is 1. The summed E-state index contributed by atoms with van der Waals surface area (Å²) in [5.41, 5.74) is 1.62. The number of ether oxygens (including phenoxy) is 1. The minimum atomic E-state index is -3.90. The van der Waals surface area contributed by atoms with Crippen LogP contribution in [0.15, 0.2) is 41.3 Å². The van der Waals surface area contributed by atoms with E-state index in [9.17, 15) is 17.6 Å². The molecule has 3 rings (SSSR count). The van der Waals surface area contributed by atoms with E-state index in [2.05, 4.69) is 5.32 Å². The molecule has 2 aromatic carbocycles. The van der Waals surface area contributed by atoms with Crippen LogP contribution in [0.25, 0.3) is 0 Å². The number of rotatable bonds is 9. The highest BCUT2D eigenvalue weighted by Gasteiger charge is 2.35. The Hall–Kier alpha value is -2.16. The molecule has 174 valence electrons. The van der Waals surface area contributed by atoms with Crippen molar-refractivity contribution >= 4 is 33.3 Å². The molecule has 1 unspecified atom stereocenters. The van der Waals surface area contributed by atoms with Crippen molar-refractivity contribution in [3.63, 3.8) is 0 Å². The molecule has 1 heterocycles. The Morgan fingerprint density at radius 3 is 2.62 bits per heavy atom. The molecule has 0 bridgehead atoms. The number of carbonyl (C=O) groups is 1. The summed E-state index contributed by atoms with van der Waals surface area (Å²) in [6.07, 6.45) is 3.80. The van der Waals surface area contributed by atoms with Crippen LogP contribution in [0.4, 0.5) is 10.1 Å². The number of unbranched alkanes of at least 4 members (excludes halogenated alkanes) is 3. The van der Waals surface area contributed by atoms with Gasteiger partial charge in [0.2, 0.25) is 0 Å². The molecule has 1 aliphatic heterocycles. The van der Waals surface area contributed by atoms with Gasteiger partial charge in [-0.15, -0.1) is 0 Å². The molecule has 0 aromatic heterocycles. The van der Waals surface area contributed by atoms with Crippen LogP contribution in [0, 0.1) is 5.82 Å². The number of benzene rings is 2. The minimum absolute atomic E-state index is 0.00506. The molecule has 0 amide bonds. The van der Waals surface area contributed by atoms with E-state index in [1.54, 1.807) is 19.1 Å². The maximum atomic E-state index is 14.4. The zero-order chi connectivity index (χ0) is 23.3. The SMILES string of the molecule is CCOC(=O)CCCCCCNC1c2ccccc2N(C)S(=O)(=O)c2cc(Cl)c(F)cc21. The number of esters is 1. The molecule has 0 spiro atoms. The molecule has 0 fully saturated rings. The average Bonchev–Trinajstić information content (AvgIpc) is 2.82. The molecule has 0 saturated heterocycles. The summed E-state index contributed by atoms with van der Waals surface area (Å²) in [5.74, 6) is -0.836. The molecule has 1 aliphatic rings. The summed E-state index contributed by atoms with van der Waals surface area (Å²) < 4.78 is 47.0. The van der Waals surface area contributed by atoms with E-state index in [0.29, 0.717) is 30.8 Å². The topological polar surface area (TPSA) is 75.7 Å². The molecular formula is C23H28ClFN2O4S. The van der Waals surface area contributed by atoms with Gasteiger partial charge in [-0.3, -0.25) is 9.10 Å². The van der Waals surface area contributed by atoms with Crippen LogP contribution in [0.2, 0.25) is 5.02 Å². The normalized spacial score (nSPS) is 16.8. The van der Waals surface area contributed by atoms with Crippen LogP contribution in [0.3, 0.4) is 0 Å². The summed E-state index contributed by atoms with van der Waals surface area (Å²) in [6, 6.07) is 9.08. The first-order valence-electron chi connectivity index (χ1n) is 10.7. The molecule has 1 atom stereocenters. The summed E-state index contributed by atoms with van der Waals surface area (Å²) in [6.45, 7) is 2.78. The highest BCUT2D eigenvalue weighted by molar-refractivity contribution is 7.92. The fourth-order valence-corrected chi connectivity index (χ4v) is 5.59. The summed E-state index contributed by atoms with van der Waals surface area (Å²) in [7, 11) is -2.41. The van der Waals surface area contributed by atoms with Crippen molar-refractivity contribution in [2.24, 2.45) is 0 Å². The van der Waals surface area contributed by atoms with Gasteiger partial charge in [0.15, 0.2) is 0 Å². The third-order valence-electron chi connectivity index (χ3n) is 5.55. The van der Waals surface area contributed by atoms with E-state index in [1.807, 2.05) is 12.1 Å². The van der Waals surface area contributed by atoms with Gasteiger partial charge in [0.1, 0.15) is 5.82 Å². The van der Waals surface area contributed by atoms with Gasteiger partial charge in [-0.25, -0.2) is 12.8 Å². The number of sulfonamides is 1. The van der Waals surface area contributed by atoms with Gasteiger partial charge < -0.3 is 10.1 Å². The van der Waals surface area contributed by atoms with Gasteiger partial charge in [0, 0.05) is 13.5 Å². The summed E-state index contributed by atoms with van der Waals surface area (Å²) in [4.78, 5) is 11.4. The van der Waals surface area contributed by atoms with Crippen LogP contribution in [-0.4, -0.2) is 34.6 Å². The van der Waals surface area contributed by atoms with E-state index in [1.165, 1.54) is 23.5 Å². The van der Waals surface area contributed by atoms with Crippen LogP contribution in [-0.2, 0) is 19.6 Å². The van der Waals surface area contributed by atoms with Crippen LogP contribution in [0.5, 0.6) is 0 Å². The molecule has 0 aliphatic carbocycles. The summed E-state index contributed by atoms with van der Waals surface area (Å²) >= 11 is 5.94. The van der Waals surface area contributed by atoms with Crippen LogP contribution >= 0.6 is 11.6 Å². The lowest BCUT2D eigenvalue weighted by atomic mass is 9.96. The quantitative estimate of drug-likeness (QED) is 0.410. The minimum Gasteiger partial charge on any atom is -0.466 e. The second-order valence-electron chi connectivity index (χ2n) is 7.69. The highest BCUT2D eigenvalue weighted by atomic mass is 35.5. The maximum absolute atomic E-state index is 14.4. The Bertz CT molecular complexity index is 1080. The lowest BCUT2D eigenvalue weighted by Crippen LogP contribution is -2.26. The number of nitrogens with one attached hydrogen (secondary N) is 1. The first kappa shape index (κ1) is 24.5. The number of anilines is 1. The first-order chi connectivity index (χ1) is 15.3. The van der Waals surface area contributed by atoms with Crippen LogP contribution in [0.1, 0.15) is 56.2 Å². The molecule has 32 heavy (non-hydrogen) atoms. The average molecular weight is 483 g/mol. The van der Waals surface area contributed by atoms with Gasteiger partial charge in [-0.2, -0.15) is 0 Å². The number of hydrogen-bond donors (Lipinski definition) is 1. The maximum Gasteiger partial charge on any atom is 0.305 e. The van der Waals surface area contributed by atoms with E-state index in [0.717, 1.165) is 31.2 Å². The fourth-order valence-electron chi connectivity index (χ4n) is 3.90. The largest absolute Gasteiger partial charge is 0.466 e. The predicted octanol–water partition coefficient (Wildman–Crippen LogP) is 4.81. The third kappa shape index (κ3) is 5.24. The van der Waals surface area contributed by atoms with Crippen molar-refractivity contribution in [3.8, 4) is 0 Å². The lowest BCUT2D eigenvalue weighted by Gasteiger charge is -2.22. The molecule has 2 aromatic rings. The number of halogens is 2. The van der Waals surface area contributed by atoms with Gasteiger partial charge in [0.05, 0.1) is 28.3 Å². The number of hydrogen-bond acceptors (Lipinski definition) is 5. The van der Waals surface area contributed by atoms with Crippen LogP contribution < -0.4 is 9.62 Å². The van der Waals surface area contributed by atoms with Crippen molar-refractivity contribution in [1.82, 2.24) is 5.32 Å². The Morgan fingerprint density at radius 2 is 1.88 bits per heavy atom. The lowest BCUT2D eigenvalue weighted by molar-refractivity contribution is -0.143. The Labute approximate surface area is 193 Å². The first-order valence-corrected chi connectivity index (χ1v) is 12.5. The Kier molecular flexibility index (Phi) is 8.14. The van der Waals surface area contributed by atoms with E-state index in [-0.39, 0.29) is 15.9 Å². The highest BCUT2D eigenvalue weighted by Crippen LogP contribution is 2.41. The van der Waals surface area contributed by atoms with Crippen molar-refractivity contribution in [2.45, 2.75) is 50.0 Å². The second-order valence-corrected chi connectivity index (χ2v) is 10.0. The molecule has 0 saturated carbocycles. The van der Waals surface area contributed by atoms with Crippen molar-refractivity contribution in [2.75, 3.05) is 24.5 Å². The second kappa shape index (κ2) is 10.6. The predicted molar refractivity (Wildman–Crippen MR) is 123 cm³/mol. The molecule has 6 nitrogen and oxygen atoms in total. The molecular weight excluding hydrogens is 455 g/mol. The molecule has 9 heteroatoms. The number of para-hydroxylation sites is 1. The molecule has 0 radical (unpaired) electrons. The van der Waals surface area contributed by atoms with Gasteiger partial charge in [-0.1, -0.05) is 42.6 Å². The van der Waals surface area contributed by atoms with Gasteiger partial charge in [0.25, 0.3) is 10.0 Å². The zero-order valence-electron chi connectivity index (χ0n) is 18.2. The van der Waals surface area contributed by atoms with Crippen molar-refractivity contribution < 1.29 is 22.3 Å². The third-order valence-corrected chi connectivity index (χ3v) is 7.67. The number of nitrogens with zero attached hydrogens (tertiary/aromatic N) is 1. The van der Waals surface area contributed by atoms with E-state index >= 15 is 0 Å². The smallest absolute Gasteiger partial charge is 0.305 e. The monoisotopic (exact) mass is 482 g/mol. The van der Waals surface area contributed by atoms with E-state index in [4.69, 9.17) is 16.3 Å². The Morgan fingerprint density at radius 1 is 1.16 bits per heavy atom. The van der Waals surface area contributed by atoms with E-state index < -0.39 is 21.9 Å². The number of fused-ring (bicyclic) bond motifs is 2. The zero-order valence-corrected chi connectivity index (χ0v) is 19.8. The fraction of sp³-hybridized carbons (Fsp3) is 0.435.